The van der Waals surface area contributed by atoms with E-state index in [0.29, 0.717) is 31.5 Å². The third-order valence-corrected chi connectivity index (χ3v) is 6.67. The zero-order chi connectivity index (χ0) is 12.8. The van der Waals surface area contributed by atoms with Gasteiger partial charge < -0.3 is 5.32 Å². The molecule has 5 heteroatoms. The summed E-state index contributed by atoms with van der Waals surface area (Å²) in [5.74, 6) is -0.0395. The van der Waals surface area contributed by atoms with Crippen molar-refractivity contribution in [1.29, 1.82) is 0 Å². The largest absolute Gasteiger partial charge is 0.317 e. The normalized spacial score (nSPS) is 24.8. The molecule has 2 aliphatic heterocycles. The molecule has 0 atom stereocenters. The predicted molar refractivity (Wildman–Crippen MR) is 67.4 cm³/mol. The first-order valence-corrected chi connectivity index (χ1v) is 7.63. The van der Waals surface area contributed by atoms with Crippen molar-refractivity contribution in [1.82, 2.24) is 5.32 Å². The van der Waals surface area contributed by atoms with Crippen LogP contribution in [0.3, 0.4) is 0 Å². The maximum Gasteiger partial charge on any atom is 0.185 e. The first-order valence-electron chi connectivity index (χ1n) is 6.14. The van der Waals surface area contributed by atoms with Gasteiger partial charge in [-0.2, -0.15) is 0 Å². The molecule has 4 nitrogen and oxygen atoms in total. The van der Waals surface area contributed by atoms with E-state index in [1.807, 2.05) is 0 Å². The molecule has 1 aromatic carbocycles. The number of benzene rings is 1. The molecule has 0 radical (unpaired) electrons. The number of hydrogen-bond acceptors (Lipinski definition) is 4. The van der Waals surface area contributed by atoms with E-state index < -0.39 is 14.6 Å². The summed E-state index contributed by atoms with van der Waals surface area (Å²) in [6, 6.07) is 6.57. The third kappa shape index (κ3) is 1.47. The standard InChI is InChI=1S/C13H15NO3S/c15-11-9-13(5-7-14-8-6-13)18(16,17)12-4-2-1-3-10(11)12/h1-4,14H,5-9H2. The number of fused-ring (bicyclic) bond motifs is 1. The Labute approximate surface area is 106 Å². The molecule has 1 saturated heterocycles. The number of ketones is 1. The summed E-state index contributed by atoms with van der Waals surface area (Å²) in [6.07, 6.45) is 1.18. The van der Waals surface area contributed by atoms with Gasteiger partial charge in [0.1, 0.15) is 0 Å². The topological polar surface area (TPSA) is 63.2 Å². The van der Waals surface area contributed by atoms with Crippen molar-refractivity contribution in [2.45, 2.75) is 28.9 Å². The van der Waals surface area contributed by atoms with E-state index in [2.05, 4.69) is 5.32 Å². The van der Waals surface area contributed by atoms with Crippen molar-refractivity contribution in [2.24, 2.45) is 0 Å². The third-order valence-electron chi connectivity index (χ3n) is 4.04. The number of hydrogen-bond donors (Lipinski definition) is 1. The average molecular weight is 265 g/mol. The van der Waals surface area contributed by atoms with Crippen molar-refractivity contribution >= 4 is 15.6 Å². The number of rotatable bonds is 0. The van der Waals surface area contributed by atoms with Crippen molar-refractivity contribution in [3.63, 3.8) is 0 Å². The first kappa shape index (κ1) is 11.9. The van der Waals surface area contributed by atoms with E-state index in [0.717, 1.165) is 0 Å². The van der Waals surface area contributed by atoms with Crippen LogP contribution in [-0.2, 0) is 9.84 Å². The van der Waals surface area contributed by atoms with Crippen LogP contribution in [-0.4, -0.2) is 32.0 Å². The van der Waals surface area contributed by atoms with Crippen LogP contribution in [0, 0.1) is 0 Å². The Morgan fingerprint density at radius 1 is 1.11 bits per heavy atom. The van der Waals surface area contributed by atoms with Gasteiger partial charge >= 0.3 is 0 Å². The number of Topliss-reactive ketones (excluding diaryl/α,β-unsaturated/α-hetero) is 1. The molecule has 0 aliphatic carbocycles. The molecule has 0 bridgehead atoms. The molecule has 0 amide bonds. The summed E-state index contributed by atoms with van der Waals surface area (Å²) in [5, 5.41) is 3.16. The summed E-state index contributed by atoms with van der Waals surface area (Å²) >= 11 is 0. The molecule has 1 aromatic rings. The Morgan fingerprint density at radius 3 is 2.50 bits per heavy atom. The van der Waals surface area contributed by atoms with Crippen LogP contribution in [0.25, 0.3) is 0 Å². The van der Waals surface area contributed by atoms with E-state index in [9.17, 15) is 13.2 Å². The van der Waals surface area contributed by atoms with Crippen molar-refractivity contribution in [3.8, 4) is 0 Å². The van der Waals surface area contributed by atoms with Crippen LogP contribution in [0.4, 0.5) is 0 Å². The smallest absolute Gasteiger partial charge is 0.185 e. The van der Waals surface area contributed by atoms with E-state index in [4.69, 9.17) is 0 Å². The Morgan fingerprint density at radius 2 is 1.78 bits per heavy atom. The van der Waals surface area contributed by atoms with Crippen LogP contribution >= 0.6 is 0 Å². The van der Waals surface area contributed by atoms with Crippen molar-refractivity contribution in [3.05, 3.63) is 29.8 Å². The van der Waals surface area contributed by atoms with Gasteiger partial charge in [0.15, 0.2) is 15.6 Å². The second-order valence-corrected chi connectivity index (χ2v) is 7.35. The number of nitrogens with one attached hydrogen (secondary N) is 1. The predicted octanol–water partition coefficient (Wildman–Crippen LogP) is 1.17. The molecule has 0 saturated carbocycles. The second-order valence-electron chi connectivity index (χ2n) is 5.03. The summed E-state index contributed by atoms with van der Waals surface area (Å²) in [5.41, 5.74) is 0.363. The molecule has 1 fully saturated rings. The Bertz CT molecular complexity index is 600. The number of carbonyl (C=O) groups excluding carboxylic acids is 1. The Kier molecular flexibility index (Phi) is 2.57. The maximum atomic E-state index is 12.7. The molecule has 1 N–H and O–H groups in total. The van der Waals surface area contributed by atoms with Gasteiger partial charge in [-0.05, 0) is 32.0 Å². The quantitative estimate of drug-likeness (QED) is 0.765. The molecule has 96 valence electrons. The monoisotopic (exact) mass is 265 g/mol. The fourth-order valence-electron chi connectivity index (χ4n) is 2.98. The summed E-state index contributed by atoms with van der Waals surface area (Å²) in [6.45, 7) is 1.32. The van der Waals surface area contributed by atoms with Gasteiger partial charge in [0.2, 0.25) is 0 Å². The minimum Gasteiger partial charge on any atom is -0.317 e. The molecule has 18 heavy (non-hydrogen) atoms. The number of sulfone groups is 1. The summed E-state index contributed by atoms with van der Waals surface area (Å²) < 4.78 is 24.6. The first-order chi connectivity index (χ1) is 8.57. The fraction of sp³-hybridized carbons (Fsp3) is 0.462. The van der Waals surface area contributed by atoms with Gasteiger partial charge in [-0.15, -0.1) is 0 Å². The van der Waals surface area contributed by atoms with Gasteiger partial charge in [0.05, 0.1) is 9.64 Å². The molecule has 2 aliphatic rings. The lowest BCUT2D eigenvalue weighted by Crippen LogP contribution is -2.51. The molecule has 3 rings (SSSR count). The Hall–Kier alpha value is -1.20. The molecular formula is C13H15NO3S. The summed E-state index contributed by atoms with van der Waals surface area (Å²) in [4.78, 5) is 12.4. The van der Waals surface area contributed by atoms with Gasteiger partial charge in [-0.1, -0.05) is 18.2 Å². The van der Waals surface area contributed by atoms with E-state index in [1.54, 1.807) is 24.3 Å². The highest BCUT2D eigenvalue weighted by Gasteiger charge is 2.51. The molecular weight excluding hydrogens is 250 g/mol. The van der Waals surface area contributed by atoms with E-state index >= 15 is 0 Å². The van der Waals surface area contributed by atoms with Crippen LogP contribution in [0.1, 0.15) is 29.6 Å². The summed E-state index contributed by atoms with van der Waals surface area (Å²) in [7, 11) is -3.40. The van der Waals surface area contributed by atoms with Gasteiger partial charge in [0.25, 0.3) is 0 Å². The van der Waals surface area contributed by atoms with Crippen LogP contribution in [0.5, 0.6) is 0 Å². The van der Waals surface area contributed by atoms with Gasteiger partial charge in [-0.25, -0.2) is 8.42 Å². The van der Waals surface area contributed by atoms with Crippen molar-refractivity contribution < 1.29 is 13.2 Å². The van der Waals surface area contributed by atoms with Gasteiger partial charge in [0, 0.05) is 12.0 Å². The molecule has 1 spiro atoms. The lowest BCUT2D eigenvalue weighted by molar-refractivity contribution is 0.0950. The second kappa shape index (κ2) is 3.90. The van der Waals surface area contributed by atoms with E-state index in [-0.39, 0.29) is 17.1 Å². The van der Waals surface area contributed by atoms with Crippen LogP contribution in [0.15, 0.2) is 29.2 Å². The molecule has 2 heterocycles. The minimum absolute atomic E-state index is 0.0395. The fourth-order valence-corrected chi connectivity index (χ4v) is 5.23. The zero-order valence-electron chi connectivity index (χ0n) is 9.98. The number of piperidine rings is 1. The highest BCUT2D eigenvalue weighted by atomic mass is 32.2. The van der Waals surface area contributed by atoms with Crippen LogP contribution < -0.4 is 5.32 Å². The minimum atomic E-state index is -3.40. The van der Waals surface area contributed by atoms with Crippen LogP contribution in [0.2, 0.25) is 0 Å². The average Bonchev–Trinajstić information content (AvgIpc) is 2.38. The number of carbonyl (C=O) groups is 1. The Balaban J connectivity index is 2.21. The SMILES string of the molecule is O=C1CC2(CCNCC2)S(=O)(=O)c2ccccc21. The lowest BCUT2D eigenvalue weighted by Gasteiger charge is -2.39. The zero-order valence-corrected chi connectivity index (χ0v) is 10.8. The maximum absolute atomic E-state index is 12.7. The van der Waals surface area contributed by atoms with Gasteiger partial charge in [-0.3, -0.25) is 4.79 Å². The highest BCUT2D eigenvalue weighted by molar-refractivity contribution is 7.93. The van der Waals surface area contributed by atoms with E-state index in [1.165, 1.54) is 0 Å². The van der Waals surface area contributed by atoms with Crippen molar-refractivity contribution in [2.75, 3.05) is 13.1 Å². The molecule has 0 unspecified atom stereocenters. The highest BCUT2D eigenvalue weighted by Crippen LogP contribution is 2.42. The molecule has 0 aromatic heterocycles. The lowest BCUT2D eigenvalue weighted by atomic mass is 9.89.